The highest BCUT2D eigenvalue weighted by molar-refractivity contribution is 5.73. The molecule has 1 aliphatic rings. The minimum atomic E-state index is -0.571. The summed E-state index contributed by atoms with van der Waals surface area (Å²) in [6, 6.07) is 4.23. The van der Waals surface area contributed by atoms with E-state index in [0.717, 1.165) is 18.0 Å². The Balaban J connectivity index is 1.88. The predicted octanol–water partition coefficient (Wildman–Crippen LogP) is 2.43. The highest BCUT2D eigenvalue weighted by atomic mass is 19.1. The molecule has 2 aromatic rings. The van der Waals surface area contributed by atoms with Gasteiger partial charge in [-0.25, -0.2) is 14.4 Å². The lowest BCUT2D eigenvalue weighted by atomic mass is 9.99. The molecule has 0 radical (unpaired) electrons. The summed E-state index contributed by atoms with van der Waals surface area (Å²) < 4.78 is 13.6. The van der Waals surface area contributed by atoms with Crippen molar-refractivity contribution < 1.29 is 14.1 Å². The Kier molecular flexibility index (Phi) is 4.55. The molecule has 1 unspecified atom stereocenters. The number of halogens is 1. The number of nitro groups is 1. The van der Waals surface area contributed by atoms with Gasteiger partial charge in [0.15, 0.2) is 0 Å². The molecule has 0 aliphatic carbocycles. The maximum absolute atomic E-state index is 13.6. The number of rotatable bonds is 3. The Bertz CT molecular complexity index is 812. The third-order valence-electron chi connectivity index (χ3n) is 4.13. The maximum Gasteiger partial charge on any atom is 0.305 e. The summed E-state index contributed by atoms with van der Waals surface area (Å²) in [4.78, 5) is 31.4. The summed E-state index contributed by atoms with van der Waals surface area (Å²) in [6.07, 6.45) is 2.83. The number of carbonyl (C=O) groups is 1. The van der Waals surface area contributed by atoms with E-state index in [2.05, 4.69) is 15.3 Å². The quantitative estimate of drug-likeness (QED) is 0.677. The number of fused-ring (bicyclic) bond motifs is 1. The summed E-state index contributed by atoms with van der Waals surface area (Å²) in [6.45, 7) is 2.31. The molecule has 1 aliphatic heterocycles. The van der Waals surface area contributed by atoms with Crippen LogP contribution in [0.1, 0.15) is 30.5 Å². The van der Waals surface area contributed by atoms with Crippen molar-refractivity contribution >= 4 is 17.5 Å². The fourth-order valence-corrected chi connectivity index (χ4v) is 2.84. The smallest absolute Gasteiger partial charge is 0.305 e. The molecule has 0 bridgehead atoms. The van der Waals surface area contributed by atoms with Gasteiger partial charge in [-0.15, -0.1) is 0 Å². The molecule has 1 amide bonds. The molecular weight excluding hydrogens is 329 g/mol. The molecule has 1 atom stereocenters. The Morgan fingerprint density at radius 1 is 1.40 bits per heavy atom. The number of nitrogens with one attached hydrogen (secondary N) is 1. The topological polar surface area (TPSA) is 101 Å². The lowest BCUT2D eigenvalue weighted by Gasteiger charge is -2.19. The molecule has 2 heterocycles. The summed E-state index contributed by atoms with van der Waals surface area (Å²) in [7, 11) is 0. The summed E-state index contributed by atoms with van der Waals surface area (Å²) in [5, 5.41) is 13.8. The molecular formula is C16H16FN5O3. The van der Waals surface area contributed by atoms with Crippen LogP contribution < -0.4 is 5.32 Å². The predicted molar refractivity (Wildman–Crippen MR) is 87.2 cm³/mol. The molecule has 1 aromatic carbocycles. The van der Waals surface area contributed by atoms with Crippen LogP contribution >= 0.6 is 0 Å². The van der Waals surface area contributed by atoms with Crippen LogP contribution in [0, 0.1) is 15.9 Å². The van der Waals surface area contributed by atoms with Crippen molar-refractivity contribution in [3.8, 4) is 0 Å². The van der Waals surface area contributed by atoms with Crippen LogP contribution in [-0.2, 0) is 11.3 Å². The number of hydrogen-bond donors (Lipinski definition) is 1. The number of hydrogen-bond acceptors (Lipinski definition) is 6. The minimum absolute atomic E-state index is 0.0811. The second-order valence-corrected chi connectivity index (χ2v) is 5.79. The first-order valence-corrected chi connectivity index (χ1v) is 7.71. The van der Waals surface area contributed by atoms with E-state index in [9.17, 15) is 19.3 Å². The summed E-state index contributed by atoms with van der Waals surface area (Å²) in [5.41, 5.74) is 1.37. The van der Waals surface area contributed by atoms with Crippen LogP contribution in [0.15, 0.2) is 30.6 Å². The summed E-state index contributed by atoms with van der Waals surface area (Å²) in [5.74, 6) is -0.209. The maximum atomic E-state index is 13.6. The van der Waals surface area contributed by atoms with Gasteiger partial charge in [0.25, 0.3) is 0 Å². The number of carbonyl (C=O) groups excluding carboxylic acids is 1. The van der Waals surface area contributed by atoms with Gasteiger partial charge in [0.1, 0.15) is 18.2 Å². The van der Waals surface area contributed by atoms with Gasteiger partial charge < -0.3 is 10.2 Å². The zero-order chi connectivity index (χ0) is 18.0. The molecule has 1 aromatic heterocycles. The molecule has 1 N–H and O–H groups in total. The monoisotopic (exact) mass is 345 g/mol. The fraction of sp³-hybridized carbons (Fsp3) is 0.312. The van der Waals surface area contributed by atoms with E-state index >= 15 is 0 Å². The molecule has 3 rings (SSSR count). The molecule has 25 heavy (non-hydrogen) atoms. The Labute approximate surface area is 142 Å². The van der Waals surface area contributed by atoms with E-state index < -0.39 is 4.92 Å². The number of anilines is 1. The van der Waals surface area contributed by atoms with Crippen molar-refractivity contribution in [2.45, 2.75) is 25.9 Å². The van der Waals surface area contributed by atoms with Crippen molar-refractivity contribution in [1.82, 2.24) is 14.9 Å². The molecule has 0 spiro atoms. The first-order chi connectivity index (χ1) is 11.9. The number of amides is 1. The first kappa shape index (κ1) is 16.7. The van der Waals surface area contributed by atoms with Crippen molar-refractivity contribution in [3.63, 3.8) is 0 Å². The van der Waals surface area contributed by atoms with Crippen LogP contribution in [0.5, 0.6) is 0 Å². The average Bonchev–Trinajstić information content (AvgIpc) is 2.75. The van der Waals surface area contributed by atoms with Crippen LogP contribution in [0.4, 0.5) is 16.0 Å². The molecule has 130 valence electrons. The lowest BCUT2D eigenvalue weighted by molar-refractivity contribution is -0.385. The molecule has 0 saturated heterocycles. The van der Waals surface area contributed by atoms with Crippen molar-refractivity contribution in [2.24, 2.45) is 0 Å². The molecule has 9 heteroatoms. The fourth-order valence-electron chi connectivity index (χ4n) is 2.84. The van der Waals surface area contributed by atoms with Crippen LogP contribution in [0.3, 0.4) is 0 Å². The van der Waals surface area contributed by atoms with Crippen molar-refractivity contribution in [1.29, 1.82) is 0 Å². The van der Waals surface area contributed by atoms with Crippen molar-refractivity contribution in [2.75, 3.05) is 11.9 Å². The van der Waals surface area contributed by atoms with Crippen molar-refractivity contribution in [3.05, 3.63) is 57.7 Å². The lowest BCUT2D eigenvalue weighted by Crippen LogP contribution is -2.28. The average molecular weight is 345 g/mol. The molecule has 0 saturated carbocycles. The van der Waals surface area contributed by atoms with E-state index in [1.54, 1.807) is 11.0 Å². The number of nitrogens with zero attached hydrogens (tertiary/aromatic N) is 4. The third kappa shape index (κ3) is 3.70. The van der Waals surface area contributed by atoms with Gasteiger partial charge in [0.2, 0.25) is 11.9 Å². The van der Waals surface area contributed by atoms with Gasteiger partial charge in [-0.1, -0.05) is 6.07 Å². The van der Waals surface area contributed by atoms with Gasteiger partial charge in [-0.2, -0.15) is 0 Å². The third-order valence-corrected chi connectivity index (χ3v) is 4.13. The van der Waals surface area contributed by atoms with Crippen LogP contribution in [0.2, 0.25) is 0 Å². The standard InChI is InChI=1S/C16H16FN5O3/c1-10(23)21-5-4-15(14-3-2-12(17)6-11(14)9-21)20-16-18-7-13(8-19-16)22(24)25/h2-3,6-8,15H,4-5,9H2,1H3,(H,18,19,20). The second kappa shape index (κ2) is 6.80. The van der Waals surface area contributed by atoms with Crippen LogP contribution in [0.25, 0.3) is 0 Å². The highest BCUT2D eigenvalue weighted by Gasteiger charge is 2.24. The Hall–Kier alpha value is -3.10. The van der Waals surface area contributed by atoms with Gasteiger partial charge in [-0.05, 0) is 29.7 Å². The molecule has 0 fully saturated rings. The highest BCUT2D eigenvalue weighted by Crippen LogP contribution is 2.29. The van der Waals surface area contributed by atoms with E-state index in [-0.39, 0.29) is 29.4 Å². The van der Waals surface area contributed by atoms with E-state index in [1.165, 1.54) is 19.1 Å². The Morgan fingerprint density at radius 3 is 2.76 bits per heavy atom. The number of aromatic nitrogens is 2. The molecule has 8 nitrogen and oxygen atoms in total. The van der Waals surface area contributed by atoms with E-state index in [1.807, 2.05) is 0 Å². The Morgan fingerprint density at radius 2 is 2.12 bits per heavy atom. The zero-order valence-electron chi connectivity index (χ0n) is 13.5. The van der Waals surface area contributed by atoms with E-state index in [4.69, 9.17) is 0 Å². The minimum Gasteiger partial charge on any atom is -0.347 e. The first-order valence-electron chi connectivity index (χ1n) is 7.71. The second-order valence-electron chi connectivity index (χ2n) is 5.79. The van der Waals surface area contributed by atoms with Gasteiger partial charge in [0, 0.05) is 20.0 Å². The largest absolute Gasteiger partial charge is 0.347 e. The number of benzene rings is 1. The van der Waals surface area contributed by atoms with Crippen LogP contribution in [-0.4, -0.2) is 32.2 Å². The normalized spacial score (nSPS) is 16.7. The zero-order valence-corrected chi connectivity index (χ0v) is 13.5. The van der Waals surface area contributed by atoms with Gasteiger partial charge >= 0.3 is 5.69 Å². The summed E-state index contributed by atoms with van der Waals surface area (Å²) >= 11 is 0. The SMILES string of the molecule is CC(=O)N1CCC(Nc2ncc([N+](=O)[O-])cn2)c2ccc(F)cc2C1. The van der Waals surface area contributed by atoms with Gasteiger partial charge in [0.05, 0.1) is 11.0 Å². The van der Waals surface area contributed by atoms with E-state index in [0.29, 0.717) is 25.1 Å². The van der Waals surface area contributed by atoms with Gasteiger partial charge in [-0.3, -0.25) is 14.9 Å².